The maximum absolute atomic E-state index is 12.0. The number of nitrogens with one attached hydrogen (secondary N) is 1. The van der Waals surface area contributed by atoms with Crippen LogP contribution in [0.5, 0.6) is 0 Å². The minimum atomic E-state index is 0.0539. The van der Waals surface area contributed by atoms with Crippen LogP contribution in [0.15, 0.2) is 24.5 Å². The Kier molecular flexibility index (Phi) is 4.28. The maximum atomic E-state index is 12.0. The standard InChI is InChI=1S/C15H20N2O3/c18-15(8-11-2-1-5-16-10-11)17-12-3-4-13-14(9-12)20-7-6-19-13/h1-2,5,10,12-14H,3-4,6-9H2,(H,17,18)/t12-,13+,14+/m1/s1. The number of aromatic nitrogens is 1. The third-order valence-corrected chi connectivity index (χ3v) is 3.93. The Bertz CT molecular complexity index is 452. The molecule has 5 nitrogen and oxygen atoms in total. The Morgan fingerprint density at radius 1 is 1.30 bits per heavy atom. The molecule has 5 heteroatoms. The Labute approximate surface area is 118 Å². The summed E-state index contributed by atoms with van der Waals surface area (Å²) in [5.74, 6) is 0.0539. The van der Waals surface area contributed by atoms with Gasteiger partial charge in [0.1, 0.15) is 0 Å². The van der Waals surface area contributed by atoms with Crippen LogP contribution in [-0.4, -0.2) is 42.4 Å². The summed E-state index contributed by atoms with van der Waals surface area (Å²) in [6.45, 7) is 1.36. The molecule has 1 aliphatic heterocycles. The highest BCUT2D eigenvalue weighted by Crippen LogP contribution is 2.26. The number of hydrogen-bond donors (Lipinski definition) is 1. The molecule has 1 amide bonds. The van der Waals surface area contributed by atoms with E-state index >= 15 is 0 Å². The molecule has 0 aromatic carbocycles. The van der Waals surface area contributed by atoms with Gasteiger partial charge in [0.05, 0.1) is 31.8 Å². The largest absolute Gasteiger partial charge is 0.373 e. The van der Waals surface area contributed by atoms with Gasteiger partial charge in [0, 0.05) is 18.4 Å². The average Bonchev–Trinajstić information content (AvgIpc) is 2.48. The number of nitrogens with zero attached hydrogens (tertiary/aromatic N) is 1. The zero-order valence-electron chi connectivity index (χ0n) is 11.5. The first-order valence-electron chi connectivity index (χ1n) is 7.23. The van der Waals surface area contributed by atoms with Gasteiger partial charge >= 0.3 is 0 Å². The molecule has 0 spiro atoms. The van der Waals surface area contributed by atoms with E-state index in [1.54, 1.807) is 12.4 Å². The molecular formula is C15H20N2O3. The van der Waals surface area contributed by atoms with Gasteiger partial charge in [-0.05, 0) is 30.9 Å². The minimum absolute atomic E-state index is 0.0539. The van der Waals surface area contributed by atoms with E-state index < -0.39 is 0 Å². The highest BCUT2D eigenvalue weighted by molar-refractivity contribution is 5.78. The van der Waals surface area contributed by atoms with Gasteiger partial charge in [-0.3, -0.25) is 9.78 Å². The number of carbonyl (C=O) groups excluding carboxylic acids is 1. The topological polar surface area (TPSA) is 60.5 Å². The Balaban J connectivity index is 1.49. The van der Waals surface area contributed by atoms with Gasteiger partial charge in [0.2, 0.25) is 5.91 Å². The molecule has 0 unspecified atom stereocenters. The van der Waals surface area contributed by atoms with Crippen LogP contribution in [0, 0.1) is 0 Å². The van der Waals surface area contributed by atoms with Crippen LogP contribution in [0.4, 0.5) is 0 Å². The number of pyridine rings is 1. The first-order valence-corrected chi connectivity index (χ1v) is 7.23. The van der Waals surface area contributed by atoms with Crippen molar-refractivity contribution in [1.82, 2.24) is 10.3 Å². The summed E-state index contributed by atoms with van der Waals surface area (Å²) in [7, 11) is 0. The predicted molar refractivity (Wildman–Crippen MR) is 73.2 cm³/mol. The molecule has 2 aliphatic rings. The SMILES string of the molecule is O=C(Cc1cccnc1)N[C@@H]1CC[C@@H]2OCCO[C@H]2C1. The fourth-order valence-electron chi connectivity index (χ4n) is 2.96. The van der Waals surface area contributed by atoms with Crippen LogP contribution >= 0.6 is 0 Å². The molecule has 1 saturated carbocycles. The lowest BCUT2D eigenvalue weighted by Gasteiger charge is -2.39. The molecule has 0 radical (unpaired) electrons. The van der Waals surface area contributed by atoms with Crippen LogP contribution in [0.3, 0.4) is 0 Å². The molecule has 3 rings (SSSR count). The second-order valence-electron chi connectivity index (χ2n) is 5.43. The highest BCUT2D eigenvalue weighted by atomic mass is 16.6. The van der Waals surface area contributed by atoms with Gasteiger partial charge in [0.15, 0.2) is 0 Å². The molecule has 0 bridgehead atoms. The summed E-state index contributed by atoms with van der Waals surface area (Å²) >= 11 is 0. The Morgan fingerprint density at radius 2 is 2.15 bits per heavy atom. The smallest absolute Gasteiger partial charge is 0.224 e. The molecule has 1 saturated heterocycles. The third-order valence-electron chi connectivity index (χ3n) is 3.93. The van der Waals surface area contributed by atoms with E-state index in [1.165, 1.54) is 0 Å². The monoisotopic (exact) mass is 276 g/mol. The minimum Gasteiger partial charge on any atom is -0.373 e. The lowest BCUT2D eigenvalue weighted by atomic mass is 9.89. The van der Waals surface area contributed by atoms with E-state index in [9.17, 15) is 4.79 Å². The van der Waals surface area contributed by atoms with Gasteiger partial charge in [-0.15, -0.1) is 0 Å². The molecule has 1 aromatic rings. The van der Waals surface area contributed by atoms with E-state index in [1.807, 2.05) is 12.1 Å². The van der Waals surface area contributed by atoms with Crippen molar-refractivity contribution >= 4 is 5.91 Å². The summed E-state index contributed by atoms with van der Waals surface area (Å²) in [6.07, 6.45) is 6.96. The first kappa shape index (κ1) is 13.5. The maximum Gasteiger partial charge on any atom is 0.224 e. The van der Waals surface area contributed by atoms with Crippen LogP contribution in [-0.2, 0) is 20.7 Å². The Morgan fingerprint density at radius 3 is 2.95 bits per heavy atom. The molecule has 108 valence electrons. The van der Waals surface area contributed by atoms with Crippen molar-refractivity contribution in [2.45, 2.75) is 43.9 Å². The van der Waals surface area contributed by atoms with Gasteiger partial charge in [-0.1, -0.05) is 6.07 Å². The second kappa shape index (κ2) is 6.33. The zero-order chi connectivity index (χ0) is 13.8. The fourth-order valence-corrected chi connectivity index (χ4v) is 2.96. The quantitative estimate of drug-likeness (QED) is 0.897. The molecule has 1 N–H and O–H groups in total. The van der Waals surface area contributed by atoms with E-state index in [0.717, 1.165) is 24.8 Å². The molecular weight excluding hydrogens is 256 g/mol. The summed E-state index contributed by atoms with van der Waals surface area (Å²) in [4.78, 5) is 16.1. The number of rotatable bonds is 3. The molecule has 20 heavy (non-hydrogen) atoms. The lowest BCUT2D eigenvalue weighted by Crippen LogP contribution is -2.49. The number of amides is 1. The van der Waals surface area contributed by atoms with Crippen molar-refractivity contribution < 1.29 is 14.3 Å². The van der Waals surface area contributed by atoms with E-state index in [0.29, 0.717) is 19.6 Å². The van der Waals surface area contributed by atoms with Crippen molar-refractivity contribution in [3.05, 3.63) is 30.1 Å². The van der Waals surface area contributed by atoms with Gasteiger partial charge < -0.3 is 14.8 Å². The second-order valence-corrected chi connectivity index (χ2v) is 5.43. The van der Waals surface area contributed by atoms with Crippen LogP contribution in [0.25, 0.3) is 0 Å². The number of ether oxygens (including phenoxy) is 2. The van der Waals surface area contributed by atoms with Crippen molar-refractivity contribution in [2.24, 2.45) is 0 Å². The number of hydrogen-bond acceptors (Lipinski definition) is 4. The Hall–Kier alpha value is -1.46. The van der Waals surface area contributed by atoms with Crippen LogP contribution in [0.2, 0.25) is 0 Å². The van der Waals surface area contributed by atoms with Gasteiger partial charge in [-0.25, -0.2) is 0 Å². The normalized spacial score (nSPS) is 29.5. The first-order chi connectivity index (χ1) is 9.81. The molecule has 3 atom stereocenters. The summed E-state index contributed by atoms with van der Waals surface area (Å²) in [5, 5.41) is 3.10. The number of carbonyl (C=O) groups is 1. The third kappa shape index (κ3) is 3.35. The molecule has 1 aliphatic carbocycles. The lowest BCUT2D eigenvalue weighted by molar-refractivity contribution is -0.158. The van der Waals surface area contributed by atoms with Crippen molar-refractivity contribution in [1.29, 1.82) is 0 Å². The predicted octanol–water partition coefficient (Wildman–Crippen LogP) is 1.08. The fraction of sp³-hybridized carbons (Fsp3) is 0.600. The van der Waals surface area contributed by atoms with Crippen LogP contribution < -0.4 is 5.32 Å². The van der Waals surface area contributed by atoms with Crippen molar-refractivity contribution in [3.63, 3.8) is 0 Å². The highest BCUT2D eigenvalue weighted by Gasteiger charge is 2.34. The van der Waals surface area contributed by atoms with E-state index in [-0.39, 0.29) is 24.2 Å². The molecule has 2 heterocycles. The van der Waals surface area contributed by atoms with Crippen molar-refractivity contribution in [3.8, 4) is 0 Å². The van der Waals surface area contributed by atoms with Gasteiger partial charge in [-0.2, -0.15) is 0 Å². The van der Waals surface area contributed by atoms with E-state index in [4.69, 9.17) is 9.47 Å². The van der Waals surface area contributed by atoms with E-state index in [2.05, 4.69) is 10.3 Å². The van der Waals surface area contributed by atoms with Gasteiger partial charge in [0.25, 0.3) is 0 Å². The summed E-state index contributed by atoms with van der Waals surface area (Å²) in [6, 6.07) is 3.96. The van der Waals surface area contributed by atoms with Crippen LogP contribution in [0.1, 0.15) is 24.8 Å². The zero-order valence-corrected chi connectivity index (χ0v) is 11.5. The average molecular weight is 276 g/mol. The molecule has 2 fully saturated rings. The molecule has 1 aromatic heterocycles. The summed E-state index contributed by atoms with van der Waals surface area (Å²) < 4.78 is 11.4. The van der Waals surface area contributed by atoms with Crippen molar-refractivity contribution in [2.75, 3.05) is 13.2 Å². The summed E-state index contributed by atoms with van der Waals surface area (Å²) in [5.41, 5.74) is 0.941. The number of fused-ring (bicyclic) bond motifs is 1.